The predicted molar refractivity (Wildman–Crippen MR) is 146 cm³/mol. The van der Waals surface area contributed by atoms with Crippen LogP contribution < -0.4 is 16.1 Å². The summed E-state index contributed by atoms with van der Waals surface area (Å²) in [6.07, 6.45) is 0. The zero-order valence-corrected chi connectivity index (χ0v) is 22.5. The summed E-state index contributed by atoms with van der Waals surface area (Å²) in [5, 5.41) is 6.56. The molecule has 1 heterocycles. The minimum Gasteiger partial charge on any atom is -0.321 e. The third-order valence-corrected chi connectivity index (χ3v) is 7.05. The van der Waals surface area contributed by atoms with Crippen molar-refractivity contribution in [1.82, 2.24) is 4.68 Å². The Morgan fingerprint density at radius 1 is 0.800 bits per heavy atom. The smallest absolute Gasteiger partial charge is 0.321 e. The Morgan fingerprint density at radius 2 is 1.51 bits per heavy atom. The Hall–Kier alpha value is -3.14. The first-order chi connectivity index (χ1) is 16.6. The van der Waals surface area contributed by atoms with E-state index in [-0.39, 0.29) is 5.69 Å². The number of aromatic nitrogens is 1. The number of fused-ring (bicyclic) bond motifs is 1. The van der Waals surface area contributed by atoms with Gasteiger partial charge in [0.05, 0.1) is 5.52 Å². The summed E-state index contributed by atoms with van der Waals surface area (Å²) in [5.41, 5.74) is 5.97. The van der Waals surface area contributed by atoms with E-state index in [9.17, 15) is 14.4 Å². The molecule has 0 fully saturated rings. The van der Waals surface area contributed by atoms with Crippen LogP contribution in [0.3, 0.4) is 0 Å². The molecule has 0 aliphatic heterocycles. The number of hydrogen-bond acceptors (Lipinski definition) is 3. The fourth-order valence-corrected chi connectivity index (χ4v) is 4.21. The second kappa shape index (κ2) is 10.2. The van der Waals surface area contributed by atoms with Crippen LogP contribution in [0.5, 0.6) is 0 Å². The maximum atomic E-state index is 13.2. The van der Waals surface area contributed by atoms with Gasteiger partial charge >= 0.3 is 11.8 Å². The highest BCUT2D eigenvalue weighted by molar-refractivity contribution is 9.10. The summed E-state index contributed by atoms with van der Waals surface area (Å²) < 4.78 is 2.98. The van der Waals surface area contributed by atoms with Crippen LogP contribution in [0, 0.1) is 13.8 Å². The Bertz CT molecular complexity index is 1500. The number of carbonyl (C=O) groups excluding carboxylic acids is 3. The molecule has 10 heteroatoms. The van der Waals surface area contributed by atoms with Crippen molar-refractivity contribution < 1.29 is 14.4 Å². The predicted octanol–water partition coefficient (Wildman–Crippen LogP) is 6.40. The molecule has 178 valence electrons. The van der Waals surface area contributed by atoms with E-state index in [4.69, 9.17) is 11.6 Å². The molecular weight excluding hydrogens is 600 g/mol. The Labute approximate surface area is 223 Å². The number of nitrogens with zero attached hydrogens (tertiary/aromatic N) is 1. The lowest BCUT2D eigenvalue weighted by molar-refractivity contribution is -0.133. The zero-order chi connectivity index (χ0) is 25.3. The molecule has 3 N–H and O–H groups in total. The van der Waals surface area contributed by atoms with Crippen molar-refractivity contribution in [3.63, 3.8) is 0 Å². The number of aryl methyl sites for hydroxylation is 2. The maximum Gasteiger partial charge on any atom is 0.328 e. The van der Waals surface area contributed by atoms with Gasteiger partial charge in [-0.3, -0.25) is 19.8 Å². The molecule has 1 aromatic heterocycles. The number of rotatable bonds is 4. The first-order valence-electron chi connectivity index (χ1n) is 10.4. The molecule has 0 radical (unpaired) electrons. The minimum atomic E-state index is -0.932. The van der Waals surface area contributed by atoms with E-state index in [0.717, 1.165) is 20.1 Å². The first-order valence-corrected chi connectivity index (χ1v) is 12.4. The molecule has 0 aliphatic rings. The van der Waals surface area contributed by atoms with E-state index >= 15 is 0 Å². The first kappa shape index (κ1) is 25.0. The molecule has 0 saturated carbocycles. The fraction of sp³-hybridized carbons (Fsp3) is 0.0800. The van der Waals surface area contributed by atoms with Gasteiger partial charge in [-0.15, -0.1) is 0 Å². The standard InChI is InChI=1S/C25H19Br2ClN4O3/c1-13-3-5-18(12-20(13)28)29-23(33)22-11-15-10-16(26)4-8-21(15)32(22)31-25(35)24(34)30-17-6-7-19(27)14(2)9-17/h3-12H,1-2H3,(H,29,33)(H,30,34)(H,31,35). The van der Waals surface area contributed by atoms with Crippen LogP contribution in [0.4, 0.5) is 11.4 Å². The van der Waals surface area contributed by atoms with E-state index in [1.54, 1.807) is 54.6 Å². The monoisotopic (exact) mass is 616 g/mol. The number of benzene rings is 3. The maximum absolute atomic E-state index is 13.2. The molecule has 4 rings (SSSR count). The molecule has 0 spiro atoms. The molecule has 7 nitrogen and oxygen atoms in total. The van der Waals surface area contributed by atoms with Crippen LogP contribution in [0.2, 0.25) is 5.02 Å². The molecule has 0 atom stereocenters. The van der Waals surface area contributed by atoms with Crippen molar-refractivity contribution in [1.29, 1.82) is 0 Å². The van der Waals surface area contributed by atoms with Gasteiger partial charge in [-0.2, -0.15) is 0 Å². The lowest BCUT2D eigenvalue weighted by Crippen LogP contribution is -2.36. The average molecular weight is 619 g/mol. The third-order valence-electron chi connectivity index (χ3n) is 5.26. The van der Waals surface area contributed by atoms with Crippen LogP contribution in [-0.2, 0) is 9.59 Å². The van der Waals surface area contributed by atoms with E-state index in [2.05, 4.69) is 47.9 Å². The number of anilines is 2. The number of carbonyl (C=O) groups is 3. The van der Waals surface area contributed by atoms with Crippen molar-refractivity contribution >= 4 is 83.5 Å². The molecule has 0 unspecified atom stereocenters. The molecule has 3 aromatic carbocycles. The van der Waals surface area contributed by atoms with Gasteiger partial charge in [0.15, 0.2) is 0 Å². The van der Waals surface area contributed by atoms with Gasteiger partial charge in [-0.1, -0.05) is 49.5 Å². The number of hydrogen-bond donors (Lipinski definition) is 3. The van der Waals surface area contributed by atoms with Crippen molar-refractivity contribution in [2.45, 2.75) is 13.8 Å². The summed E-state index contributed by atoms with van der Waals surface area (Å²) >= 11 is 13.0. The zero-order valence-electron chi connectivity index (χ0n) is 18.6. The van der Waals surface area contributed by atoms with Crippen molar-refractivity contribution in [2.75, 3.05) is 16.1 Å². The lowest BCUT2D eigenvalue weighted by Gasteiger charge is -2.13. The largest absolute Gasteiger partial charge is 0.328 e. The van der Waals surface area contributed by atoms with Crippen molar-refractivity contribution in [2.24, 2.45) is 0 Å². The molecule has 0 saturated heterocycles. The summed E-state index contributed by atoms with van der Waals surface area (Å²) in [4.78, 5) is 38.5. The summed E-state index contributed by atoms with van der Waals surface area (Å²) in [6, 6.07) is 17.3. The third kappa shape index (κ3) is 5.58. The van der Waals surface area contributed by atoms with Crippen LogP contribution in [0.1, 0.15) is 21.6 Å². The minimum absolute atomic E-state index is 0.135. The van der Waals surface area contributed by atoms with Crippen molar-refractivity contribution in [3.8, 4) is 0 Å². The fourth-order valence-electron chi connectivity index (χ4n) is 3.40. The number of halogens is 3. The highest BCUT2D eigenvalue weighted by Gasteiger charge is 2.21. The number of amides is 3. The highest BCUT2D eigenvalue weighted by atomic mass is 79.9. The van der Waals surface area contributed by atoms with Crippen LogP contribution >= 0.6 is 43.5 Å². The van der Waals surface area contributed by atoms with Crippen LogP contribution in [0.15, 0.2) is 69.6 Å². The summed E-state index contributed by atoms with van der Waals surface area (Å²) in [7, 11) is 0. The van der Waals surface area contributed by atoms with Gasteiger partial charge in [0.25, 0.3) is 5.91 Å². The Kier molecular flexibility index (Phi) is 7.30. The van der Waals surface area contributed by atoms with Gasteiger partial charge in [0, 0.05) is 30.7 Å². The topological polar surface area (TPSA) is 92.2 Å². The van der Waals surface area contributed by atoms with Gasteiger partial charge < -0.3 is 10.6 Å². The van der Waals surface area contributed by atoms with Gasteiger partial charge in [0.1, 0.15) is 5.69 Å². The second-order valence-corrected chi connectivity index (χ2v) is 10.0. The van der Waals surface area contributed by atoms with Gasteiger partial charge in [0.2, 0.25) is 0 Å². The molecular formula is C25H19Br2ClN4O3. The molecule has 4 aromatic rings. The molecule has 35 heavy (non-hydrogen) atoms. The van der Waals surface area contributed by atoms with E-state index in [1.807, 2.05) is 19.9 Å². The molecule has 3 amide bonds. The van der Waals surface area contributed by atoms with Gasteiger partial charge in [-0.25, -0.2) is 4.68 Å². The van der Waals surface area contributed by atoms with E-state index in [0.29, 0.717) is 27.3 Å². The van der Waals surface area contributed by atoms with Crippen LogP contribution in [-0.4, -0.2) is 22.4 Å². The van der Waals surface area contributed by atoms with Crippen LogP contribution in [0.25, 0.3) is 10.9 Å². The summed E-state index contributed by atoms with van der Waals surface area (Å²) in [6.45, 7) is 3.73. The summed E-state index contributed by atoms with van der Waals surface area (Å²) in [5.74, 6) is -2.29. The lowest BCUT2D eigenvalue weighted by atomic mass is 10.2. The second-order valence-electron chi connectivity index (χ2n) is 7.85. The van der Waals surface area contributed by atoms with Gasteiger partial charge in [-0.05, 0) is 79.6 Å². The average Bonchev–Trinajstić information content (AvgIpc) is 3.16. The highest BCUT2D eigenvalue weighted by Crippen LogP contribution is 2.25. The SMILES string of the molecule is Cc1ccc(NC(=O)c2cc3cc(Br)ccc3n2NC(=O)C(=O)Nc2ccc(Br)c(C)c2)cc1Cl. The quantitative estimate of drug-likeness (QED) is 0.231. The molecule has 0 aliphatic carbocycles. The number of nitrogens with one attached hydrogen (secondary N) is 3. The Balaban J connectivity index is 1.62. The van der Waals surface area contributed by atoms with E-state index < -0.39 is 17.7 Å². The normalized spacial score (nSPS) is 10.8. The van der Waals surface area contributed by atoms with E-state index in [1.165, 1.54) is 4.68 Å². The van der Waals surface area contributed by atoms with Crippen molar-refractivity contribution in [3.05, 3.63) is 91.5 Å². The Morgan fingerprint density at radius 3 is 2.23 bits per heavy atom. The molecule has 0 bridgehead atoms.